The highest BCUT2D eigenvalue weighted by Crippen LogP contribution is 2.29. The van der Waals surface area contributed by atoms with E-state index in [0.717, 1.165) is 29.2 Å². The molecule has 3 aromatic rings. The fourth-order valence-electron chi connectivity index (χ4n) is 3.12. The van der Waals surface area contributed by atoms with E-state index in [9.17, 15) is 10.1 Å². The molecule has 9 heteroatoms. The third kappa shape index (κ3) is 7.83. The number of nitrogens with one attached hydrogen (secondary N) is 1. The van der Waals surface area contributed by atoms with Gasteiger partial charge in [0.25, 0.3) is 5.91 Å². The summed E-state index contributed by atoms with van der Waals surface area (Å²) < 4.78 is 17.3. The molecule has 0 unspecified atom stereocenters. The lowest BCUT2D eigenvalue weighted by Crippen LogP contribution is -2.13. The summed E-state index contributed by atoms with van der Waals surface area (Å²) in [6.07, 6.45) is 3.23. The third-order valence-corrected chi connectivity index (χ3v) is 5.59. The Labute approximate surface area is 209 Å². The van der Waals surface area contributed by atoms with Gasteiger partial charge < -0.3 is 14.2 Å². The molecule has 0 fully saturated rings. The normalized spacial score (nSPS) is 11.0. The van der Waals surface area contributed by atoms with Crippen LogP contribution in [0.2, 0.25) is 0 Å². The van der Waals surface area contributed by atoms with Crippen LogP contribution in [0.1, 0.15) is 36.4 Å². The van der Waals surface area contributed by atoms with E-state index in [2.05, 4.69) is 15.5 Å². The highest BCUT2D eigenvalue weighted by molar-refractivity contribution is 7.15. The van der Waals surface area contributed by atoms with Crippen molar-refractivity contribution in [2.45, 2.75) is 33.6 Å². The first-order valence-corrected chi connectivity index (χ1v) is 12.2. The molecule has 2 aromatic carbocycles. The van der Waals surface area contributed by atoms with E-state index in [-0.39, 0.29) is 5.57 Å². The van der Waals surface area contributed by atoms with E-state index in [1.807, 2.05) is 51.1 Å². The molecule has 1 aromatic heterocycles. The number of nitrogens with zero attached hydrogens (tertiary/aromatic N) is 3. The average Bonchev–Trinajstić information content (AvgIpc) is 3.28. The Morgan fingerprint density at radius 1 is 1.09 bits per heavy atom. The van der Waals surface area contributed by atoms with Crippen LogP contribution in [-0.4, -0.2) is 35.9 Å². The van der Waals surface area contributed by atoms with Gasteiger partial charge in [-0.3, -0.25) is 10.1 Å². The van der Waals surface area contributed by atoms with E-state index in [1.54, 1.807) is 18.2 Å². The standard InChI is InChI=1S/C26H28N4O4S/c1-4-7-24-29-30-26(35-24)28-25(31)20(17-27)15-19-10-11-22(23(16-19)32-5-2)34-13-12-33-21-9-6-8-18(3)14-21/h6,8-11,14-16H,4-5,7,12-13H2,1-3H3,(H,28,30,31)/b20-15-. The topological polar surface area (TPSA) is 106 Å². The Hall–Kier alpha value is -3.90. The zero-order valence-corrected chi connectivity index (χ0v) is 20.9. The van der Waals surface area contributed by atoms with Crippen molar-refractivity contribution < 1.29 is 19.0 Å². The highest BCUT2D eigenvalue weighted by Gasteiger charge is 2.14. The van der Waals surface area contributed by atoms with Crippen molar-refractivity contribution in [2.75, 3.05) is 25.1 Å². The van der Waals surface area contributed by atoms with Crippen LogP contribution in [-0.2, 0) is 11.2 Å². The Bertz CT molecular complexity index is 1220. The van der Waals surface area contributed by atoms with Crippen molar-refractivity contribution in [1.82, 2.24) is 10.2 Å². The minimum atomic E-state index is -0.543. The van der Waals surface area contributed by atoms with Crippen LogP contribution in [0.3, 0.4) is 0 Å². The van der Waals surface area contributed by atoms with Crippen LogP contribution >= 0.6 is 11.3 Å². The lowest BCUT2D eigenvalue weighted by molar-refractivity contribution is -0.112. The predicted octanol–water partition coefficient (Wildman–Crippen LogP) is 5.20. The van der Waals surface area contributed by atoms with Crippen LogP contribution in [0.15, 0.2) is 48.0 Å². The fourth-order valence-corrected chi connectivity index (χ4v) is 3.95. The number of rotatable bonds is 12. The summed E-state index contributed by atoms with van der Waals surface area (Å²) >= 11 is 1.30. The highest BCUT2D eigenvalue weighted by atomic mass is 32.1. The second-order valence-corrected chi connectivity index (χ2v) is 8.59. The van der Waals surface area contributed by atoms with Gasteiger partial charge in [-0.2, -0.15) is 5.26 Å². The van der Waals surface area contributed by atoms with Crippen molar-refractivity contribution in [2.24, 2.45) is 0 Å². The lowest BCUT2D eigenvalue weighted by Gasteiger charge is -2.13. The molecular formula is C26H28N4O4S. The number of hydrogen-bond donors (Lipinski definition) is 1. The summed E-state index contributed by atoms with van der Waals surface area (Å²) in [5.74, 6) is 1.31. The quantitative estimate of drug-likeness (QED) is 0.210. The maximum absolute atomic E-state index is 12.6. The van der Waals surface area contributed by atoms with Crippen molar-refractivity contribution >= 4 is 28.5 Å². The molecule has 0 atom stereocenters. The van der Waals surface area contributed by atoms with Gasteiger partial charge in [-0.15, -0.1) is 10.2 Å². The summed E-state index contributed by atoms with van der Waals surface area (Å²) in [6.45, 7) is 7.07. The summed E-state index contributed by atoms with van der Waals surface area (Å²) in [4.78, 5) is 12.6. The molecule has 3 rings (SSSR count). The minimum Gasteiger partial charge on any atom is -0.490 e. The van der Waals surface area contributed by atoms with Crippen molar-refractivity contribution in [3.63, 3.8) is 0 Å². The molecule has 0 bridgehead atoms. The Balaban J connectivity index is 1.65. The summed E-state index contributed by atoms with van der Waals surface area (Å²) in [7, 11) is 0. The van der Waals surface area contributed by atoms with Gasteiger partial charge in [-0.05, 0) is 61.7 Å². The molecule has 35 heavy (non-hydrogen) atoms. The Kier molecular flexibility index (Phi) is 9.63. The zero-order chi connectivity index (χ0) is 25.0. The number of aryl methyl sites for hydroxylation is 2. The van der Waals surface area contributed by atoms with Gasteiger partial charge in [0.15, 0.2) is 11.5 Å². The van der Waals surface area contributed by atoms with Crippen LogP contribution in [0, 0.1) is 18.3 Å². The summed E-state index contributed by atoms with van der Waals surface area (Å²) in [5.41, 5.74) is 1.70. The first-order valence-electron chi connectivity index (χ1n) is 11.4. The molecule has 0 aliphatic heterocycles. The molecule has 8 nitrogen and oxygen atoms in total. The molecule has 0 saturated heterocycles. The SMILES string of the molecule is CCCc1nnc(NC(=O)/C(C#N)=C\c2ccc(OCCOc3cccc(C)c3)c(OCC)c2)s1. The molecule has 1 amide bonds. The zero-order valence-electron chi connectivity index (χ0n) is 20.0. The number of aromatic nitrogens is 2. The van der Waals surface area contributed by atoms with Crippen molar-refractivity contribution in [3.05, 3.63) is 64.2 Å². The smallest absolute Gasteiger partial charge is 0.268 e. The van der Waals surface area contributed by atoms with Crippen LogP contribution in [0.4, 0.5) is 5.13 Å². The Morgan fingerprint density at radius 2 is 1.91 bits per heavy atom. The van der Waals surface area contributed by atoms with Crippen molar-refractivity contribution in [3.8, 4) is 23.3 Å². The number of carbonyl (C=O) groups excluding carboxylic acids is 1. The van der Waals surface area contributed by atoms with Crippen LogP contribution in [0.25, 0.3) is 6.08 Å². The van der Waals surface area contributed by atoms with Gasteiger partial charge in [0, 0.05) is 6.42 Å². The third-order valence-electron chi connectivity index (χ3n) is 4.69. The van der Waals surface area contributed by atoms with E-state index in [0.29, 0.717) is 42.0 Å². The molecule has 0 aliphatic rings. The summed E-state index contributed by atoms with van der Waals surface area (Å²) in [5, 5.41) is 21.4. The number of anilines is 1. The largest absolute Gasteiger partial charge is 0.490 e. The maximum Gasteiger partial charge on any atom is 0.268 e. The van der Waals surface area contributed by atoms with E-state index < -0.39 is 5.91 Å². The monoisotopic (exact) mass is 492 g/mol. The van der Waals surface area contributed by atoms with E-state index in [1.165, 1.54) is 17.4 Å². The van der Waals surface area contributed by atoms with Gasteiger partial charge in [0.05, 0.1) is 6.61 Å². The number of carbonyl (C=O) groups is 1. The second kappa shape index (κ2) is 13.1. The lowest BCUT2D eigenvalue weighted by atomic mass is 10.1. The second-order valence-electron chi connectivity index (χ2n) is 7.53. The maximum atomic E-state index is 12.6. The van der Waals surface area contributed by atoms with Gasteiger partial charge in [0.2, 0.25) is 5.13 Å². The average molecular weight is 493 g/mol. The molecule has 1 N–H and O–H groups in total. The molecule has 0 radical (unpaired) electrons. The van der Waals surface area contributed by atoms with Gasteiger partial charge in [0.1, 0.15) is 35.6 Å². The molecule has 0 aliphatic carbocycles. The number of nitriles is 1. The van der Waals surface area contributed by atoms with Gasteiger partial charge in [-0.1, -0.05) is 36.5 Å². The first kappa shape index (κ1) is 25.7. The predicted molar refractivity (Wildman–Crippen MR) is 136 cm³/mol. The molecule has 182 valence electrons. The molecule has 0 saturated carbocycles. The first-order chi connectivity index (χ1) is 17.0. The fraction of sp³-hybridized carbons (Fsp3) is 0.308. The van der Waals surface area contributed by atoms with Gasteiger partial charge >= 0.3 is 0 Å². The summed E-state index contributed by atoms with van der Waals surface area (Å²) in [6, 6.07) is 15.0. The minimum absolute atomic E-state index is 0.0556. The molecule has 0 spiro atoms. The van der Waals surface area contributed by atoms with Crippen LogP contribution in [0.5, 0.6) is 17.2 Å². The van der Waals surface area contributed by atoms with Crippen molar-refractivity contribution in [1.29, 1.82) is 5.26 Å². The Morgan fingerprint density at radius 3 is 2.66 bits per heavy atom. The van der Waals surface area contributed by atoms with Crippen LogP contribution < -0.4 is 19.5 Å². The molecule has 1 heterocycles. The van der Waals surface area contributed by atoms with Gasteiger partial charge in [-0.25, -0.2) is 0 Å². The van der Waals surface area contributed by atoms with E-state index in [4.69, 9.17) is 14.2 Å². The number of hydrogen-bond acceptors (Lipinski definition) is 8. The number of ether oxygens (including phenoxy) is 3. The number of benzene rings is 2. The number of amides is 1. The molecular weight excluding hydrogens is 464 g/mol. The van der Waals surface area contributed by atoms with E-state index >= 15 is 0 Å².